The largest absolute Gasteiger partial charge is 0.769 e. The molecule has 0 bridgehead atoms. The molecule has 4 rings (SSSR count). The van der Waals surface area contributed by atoms with Crippen LogP contribution >= 0.6 is 0 Å². The second-order valence-corrected chi connectivity index (χ2v) is 7.32. The van der Waals surface area contributed by atoms with Gasteiger partial charge in [0.25, 0.3) is 0 Å². The lowest BCUT2D eigenvalue weighted by Gasteiger charge is -2.38. The molecule has 0 unspecified atom stereocenters. The van der Waals surface area contributed by atoms with Gasteiger partial charge in [-0.1, -0.05) is 6.07 Å². The zero-order valence-electron chi connectivity index (χ0n) is 16.2. The van der Waals surface area contributed by atoms with E-state index in [9.17, 15) is 36.5 Å². The Hall–Kier alpha value is -3.37. The summed E-state index contributed by atoms with van der Waals surface area (Å²) in [5, 5.41) is 72.2. The Kier molecular flexibility index (Phi) is 5.42. The van der Waals surface area contributed by atoms with Gasteiger partial charge < -0.3 is 31.0 Å². The number of nitriles is 1. The van der Waals surface area contributed by atoms with Crippen LogP contribution in [0.1, 0.15) is 30.4 Å². The molecule has 1 heterocycles. The van der Waals surface area contributed by atoms with Gasteiger partial charge in [0.2, 0.25) is 0 Å². The van der Waals surface area contributed by atoms with Gasteiger partial charge in [-0.05, 0) is 60.2 Å². The van der Waals surface area contributed by atoms with Crippen molar-refractivity contribution in [3.63, 3.8) is 0 Å². The molecular weight excluding hydrogens is 406 g/mol. The highest BCUT2D eigenvalue weighted by molar-refractivity contribution is 6.08. The molecule has 0 radical (unpaired) electrons. The fourth-order valence-corrected chi connectivity index (χ4v) is 4.23. The summed E-state index contributed by atoms with van der Waals surface area (Å²) in [4.78, 5) is 1.88. The molecule has 1 saturated heterocycles. The van der Waals surface area contributed by atoms with Gasteiger partial charge in [-0.15, -0.1) is 5.23 Å². The second-order valence-electron chi connectivity index (χ2n) is 7.32. The average molecular weight is 424 g/mol. The molecule has 2 aliphatic rings. The van der Waals surface area contributed by atoms with E-state index in [1.165, 1.54) is 24.3 Å². The molecule has 3 N–H and O–H groups in total. The standard InChI is InChI=1S/C20H18N5O6/c21-11-18(22-6-2-1-3-7-22)20-15-8-12(23(26)27)4-5-14(15)19-16(20)9-13(24(28)29)10-17(19)25(30)31/h4-5,8-10,26,30-31H,1-3,6-7H2/q-3. The topological polar surface area (TPSA) is 167 Å². The normalized spacial score (nSPS) is 16.4. The number of benzene rings is 2. The zero-order valence-corrected chi connectivity index (χ0v) is 16.2. The van der Waals surface area contributed by atoms with Crippen molar-refractivity contribution in [1.82, 2.24) is 4.90 Å². The zero-order chi connectivity index (χ0) is 22.3. The molecule has 0 spiro atoms. The molecule has 0 saturated carbocycles. The van der Waals surface area contributed by atoms with Crippen LogP contribution in [0.5, 0.6) is 0 Å². The lowest BCUT2D eigenvalue weighted by atomic mass is 9.99. The Bertz CT molecular complexity index is 1090. The Morgan fingerprint density at radius 2 is 1.58 bits per heavy atom. The van der Waals surface area contributed by atoms with E-state index >= 15 is 0 Å². The Balaban J connectivity index is 2.07. The number of nitrogens with zero attached hydrogens (tertiary/aromatic N) is 5. The van der Waals surface area contributed by atoms with Crippen molar-refractivity contribution in [3.8, 4) is 17.2 Å². The number of hydrogen-bond donors (Lipinski definition) is 3. The van der Waals surface area contributed by atoms with Gasteiger partial charge >= 0.3 is 0 Å². The third-order valence-electron chi connectivity index (χ3n) is 5.58. The van der Waals surface area contributed by atoms with Crippen molar-refractivity contribution in [2.75, 3.05) is 28.8 Å². The van der Waals surface area contributed by atoms with Crippen molar-refractivity contribution < 1.29 is 15.6 Å². The molecule has 1 aliphatic carbocycles. The van der Waals surface area contributed by atoms with E-state index in [2.05, 4.69) is 6.07 Å². The van der Waals surface area contributed by atoms with Crippen LogP contribution in [0.25, 0.3) is 16.7 Å². The monoisotopic (exact) mass is 424 g/mol. The highest BCUT2D eigenvalue weighted by atomic mass is 16.8. The lowest BCUT2D eigenvalue weighted by molar-refractivity contribution is 0.0295. The van der Waals surface area contributed by atoms with Gasteiger partial charge in [0.05, 0.1) is 5.69 Å². The third kappa shape index (κ3) is 3.53. The molecule has 2 aromatic rings. The second kappa shape index (κ2) is 8.05. The highest BCUT2D eigenvalue weighted by Crippen LogP contribution is 2.52. The molecule has 1 aliphatic heterocycles. The van der Waals surface area contributed by atoms with Gasteiger partial charge in [-0.2, -0.15) is 5.26 Å². The first-order valence-corrected chi connectivity index (χ1v) is 9.54. The minimum Gasteiger partial charge on any atom is -0.769 e. The molecule has 11 heteroatoms. The van der Waals surface area contributed by atoms with E-state index < -0.39 is 10.9 Å². The molecule has 0 amide bonds. The quantitative estimate of drug-likeness (QED) is 0.414. The van der Waals surface area contributed by atoms with Gasteiger partial charge in [0.15, 0.2) is 0 Å². The molecule has 11 nitrogen and oxygen atoms in total. The van der Waals surface area contributed by atoms with Gasteiger partial charge in [0.1, 0.15) is 17.5 Å². The first-order chi connectivity index (χ1) is 14.8. The van der Waals surface area contributed by atoms with E-state index in [0.29, 0.717) is 29.8 Å². The molecule has 1 fully saturated rings. The summed E-state index contributed by atoms with van der Waals surface area (Å²) >= 11 is 0. The van der Waals surface area contributed by atoms with Crippen molar-refractivity contribution in [3.05, 3.63) is 62.8 Å². The summed E-state index contributed by atoms with van der Waals surface area (Å²) in [5.74, 6) is 0. The van der Waals surface area contributed by atoms with Crippen LogP contribution < -0.4 is 15.7 Å². The number of fused-ring (bicyclic) bond motifs is 3. The smallest absolute Gasteiger partial charge is 0.124 e. The minimum atomic E-state index is -0.667. The van der Waals surface area contributed by atoms with E-state index in [-0.39, 0.29) is 38.7 Å². The van der Waals surface area contributed by atoms with Crippen LogP contribution in [0.3, 0.4) is 0 Å². The summed E-state index contributed by atoms with van der Waals surface area (Å²) in [7, 11) is 0. The van der Waals surface area contributed by atoms with Gasteiger partial charge in [0, 0.05) is 29.9 Å². The number of rotatable bonds is 4. The predicted molar refractivity (Wildman–Crippen MR) is 112 cm³/mol. The number of hydrogen-bond acceptors (Lipinski definition) is 11. The molecule has 162 valence electrons. The van der Waals surface area contributed by atoms with Gasteiger partial charge in [-0.25, -0.2) is 0 Å². The summed E-state index contributed by atoms with van der Waals surface area (Å²) in [6.07, 6.45) is 2.78. The number of likely N-dealkylation sites (tertiary alicyclic amines) is 1. The first kappa shape index (κ1) is 20.9. The minimum absolute atomic E-state index is 0.0964. The fourth-order valence-electron chi connectivity index (χ4n) is 4.23. The van der Waals surface area contributed by atoms with Crippen LogP contribution in [-0.4, -0.2) is 33.6 Å². The van der Waals surface area contributed by atoms with E-state index in [1.54, 1.807) is 0 Å². The van der Waals surface area contributed by atoms with Gasteiger partial charge in [-0.3, -0.25) is 15.6 Å². The molecule has 0 aromatic heterocycles. The molecule has 2 aromatic carbocycles. The Labute approximate surface area is 177 Å². The number of piperidine rings is 1. The number of allylic oxidation sites excluding steroid dienone is 1. The van der Waals surface area contributed by atoms with E-state index in [4.69, 9.17) is 0 Å². The maximum Gasteiger partial charge on any atom is 0.124 e. The number of anilines is 3. The van der Waals surface area contributed by atoms with Crippen molar-refractivity contribution in [1.29, 1.82) is 5.26 Å². The first-order valence-electron chi connectivity index (χ1n) is 9.54. The fraction of sp³-hybridized carbons (Fsp3) is 0.250. The SMILES string of the molecule is N#CC(=C1c2cc(N([O-])O)ccc2-c2c1cc(N([O-])[O-])cc2N(O)O)N1CCCCC1. The Morgan fingerprint density at radius 1 is 0.903 bits per heavy atom. The van der Waals surface area contributed by atoms with Crippen LogP contribution in [0, 0.1) is 27.0 Å². The maximum atomic E-state index is 11.5. The van der Waals surface area contributed by atoms with Crippen LogP contribution in [0.2, 0.25) is 0 Å². The van der Waals surface area contributed by atoms with Crippen molar-refractivity contribution >= 4 is 22.6 Å². The third-order valence-corrected chi connectivity index (χ3v) is 5.58. The Morgan fingerprint density at radius 3 is 2.16 bits per heavy atom. The van der Waals surface area contributed by atoms with E-state index in [0.717, 1.165) is 25.3 Å². The summed E-state index contributed by atoms with van der Waals surface area (Å²) in [5.41, 5.74) is 1.23. The van der Waals surface area contributed by atoms with E-state index in [1.807, 2.05) is 4.90 Å². The van der Waals surface area contributed by atoms with Crippen LogP contribution in [-0.2, 0) is 0 Å². The van der Waals surface area contributed by atoms with Crippen LogP contribution in [0.4, 0.5) is 17.1 Å². The molecule has 31 heavy (non-hydrogen) atoms. The maximum absolute atomic E-state index is 11.5. The lowest BCUT2D eigenvalue weighted by Crippen LogP contribution is -2.29. The predicted octanol–water partition coefficient (Wildman–Crippen LogP) is 3.52. The summed E-state index contributed by atoms with van der Waals surface area (Å²) in [6, 6.07) is 8.65. The molecular formula is C20H18N5O6-3. The average Bonchev–Trinajstić information content (AvgIpc) is 3.08. The summed E-state index contributed by atoms with van der Waals surface area (Å²) in [6.45, 7) is 1.25. The summed E-state index contributed by atoms with van der Waals surface area (Å²) < 4.78 is 0. The highest BCUT2D eigenvalue weighted by Gasteiger charge is 2.33. The molecule has 0 atom stereocenters. The van der Waals surface area contributed by atoms with Crippen molar-refractivity contribution in [2.24, 2.45) is 0 Å². The van der Waals surface area contributed by atoms with Crippen LogP contribution in [0.15, 0.2) is 36.0 Å². The van der Waals surface area contributed by atoms with Crippen molar-refractivity contribution in [2.45, 2.75) is 19.3 Å².